The van der Waals surface area contributed by atoms with E-state index in [0.717, 1.165) is 12.8 Å². The first-order valence-electron chi connectivity index (χ1n) is 4.25. The van der Waals surface area contributed by atoms with E-state index in [1.165, 1.54) is 12.8 Å². The van der Waals surface area contributed by atoms with E-state index in [-0.39, 0.29) is 5.60 Å². The smallest absolute Gasteiger partial charge is 0.0676 e. The van der Waals surface area contributed by atoms with Gasteiger partial charge in [0.2, 0.25) is 0 Å². The molecule has 57 valence electrons. The molecule has 1 nitrogen and oxygen atoms in total. The summed E-state index contributed by atoms with van der Waals surface area (Å²) in [6.45, 7) is 2.02. The first-order chi connectivity index (χ1) is 4.71. The van der Waals surface area contributed by atoms with Crippen molar-refractivity contribution in [3.8, 4) is 0 Å². The zero-order valence-corrected chi connectivity index (χ0v) is 6.51. The van der Waals surface area contributed by atoms with Crippen molar-refractivity contribution in [3.05, 3.63) is 6.42 Å². The Bertz CT molecular complexity index is 122. The SMILES string of the molecule is CC1(O)C2C[CH]CC1CC2. The van der Waals surface area contributed by atoms with Gasteiger partial charge in [-0.15, -0.1) is 0 Å². The maximum Gasteiger partial charge on any atom is 0.0676 e. The summed E-state index contributed by atoms with van der Waals surface area (Å²) in [5, 5.41) is 9.95. The molecular formula is C9H15O. The van der Waals surface area contributed by atoms with Crippen molar-refractivity contribution in [3.63, 3.8) is 0 Å². The van der Waals surface area contributed by atoms with Gasteiger partial charge in [0, 0.05) is 0 Å². The summed E-state index contributed by atoms with van der Waals surface area (Å²) < 4.78 is 0. The van der Waals surface area contributed by atoms with Crippen LogP contribution in [0.3, 0.4) is 0 Å². The molecule has 0 aliphatic heterocycles. The third-order valence-electron chi connectivity index (χ3n) is 3.42. The fourth-order valence-corrected chi connectivity index (χ4v) is 2.53. The first kappa shape index (κ1) is 6.66. The Kier molecular flexibility index (Phi) is 1.31. The van der Waals surface area contributed by atoms with Crippen LogP contribution in [0.1, 0.15) is 32.6 Å². The molecule has 1 N–H and O–H groups in total. The van der Waals surface area contributed by atoms with Crippen molar-refractivity contribution in [2.45, 2.75) is 38.2 Å². The van der Waals surface area contributed by atoms with Gasteiger partial charge in [0.25, 0.3) is 0 Å². The highest BCUT2D eigenvalue weighted by Gasteiger charge is 2.46. The van der Waals surface area contributed by atoms with Gasteiger partial charge < -0.3 is 5.11 Å². The maximum atomic E-state index is 9.95. The average Bonchev–Trinajstić information content (AvgIpc) is 2.17. The molecule has 2 bridgehead atoms. The molecule has 2 aliphatic carbocycles. The minimum Gasteiger partial charge on any atom is -0.390 e. The highest BCUT2D eigenvalue weighted by molar-refractivity contribution is 5.03. The van der Waals surface area contributed by atoms with Crippen molar-refractivity contribution in [1.82, 2.24) is 0 Å². The van der Waals surface area contributed by atoms with Crippen LogP contribution in [-0.2, 0) is 0 Å². The highest BCUT2D eigenvalue weighted by Crippen LogP contribution is 2.48. The molecule has 0 aromatic rings. The number of fused-ring (bicyclic) bond motifs is 2. The van der Waals surface area contributed by atoms with Crippen LogP contribution in [0.4, 0.5) is 0 Å². The number of rotatable bonds is 0. The van der Waals surface area contributed by atoms with E-state index in [1.807, 2.05) is 6.92 Å². The van der Waals surface area contributed by atoms with E-state index in [2.05, 4.69) is 6.42 Å². The normalized spacial score (nSPS) is 53.4. The third kappa shape index (κ3) is 0.731. The summed E-state index contributed by atoms with van der Waals surface area (Å²) in [5.41, 5.74) is -0.325. The molecular weight excluding hydrogens is 124 g/mol. The van der Waals surface area contributed by atoms with E-state index in [9.17, 15) is 5.11 Å². The van der Waals surface area contributed by atoms with Gasteiger partial charge in [-0.2, -0.15) is 0 Å². The van der Waals surface area contributed by atoms with Crippen LogP contribution in [0, 0.1) is 18.3 Å². The first-order valence-corrected chi connectivity index (χ1v) is 4.25. The van der Waals surface area contributed by atoms with Crippen LogP contribution in [0.15, 0.2) is 0 Å². The predicted octanol–water partition coefficient (Wildman–Crippen LogP) is 1.76. The minimum absolute atomic E-state index is 0.325. The Morgan fingerprint density at radius 3 is 2.20 bits per heavy atom. The van der Waals surface area contributed by atoms with Gasteiger partial charge in [-0.25, -0.2) is 0 Å². The molecule has 0 saturated heterocycles. The quantitative estimate of drug-likeness (QED) is 0.542. The lowest BCUT2D eigenvalue weighted by Gasteiger charge is -2.35. The molecule has 1 radical (unpaired) electrons. The number of aliphatic hydroxyl groups is 1. The molecule has 0 spiro atoms. The van der Waals surface area contributed by atoms with Gasteiger partial charge in [0.15, 0.2) is 0 Å². The second-order valence-corrected chi connectivity index (χ2v) is 3.96. The fourth-order valence-electron chi connectivity index (χ4n) is 2.53. The number of hydrogen-bond acceptors (Lipinski definition) is 1. The monoisotopic (exact) mass is 139 g/mol. The molecule has 2 rings (SSSR count). The van der Waals surface area contributed by atoms with Crippen molar-refractivity contribution in [1.29, 1.82) is 0 Å². The van der Waals surface area contributed by atoms with Gasteiger partial charge in [-0.3, -0.25) is 0 Å². The van der Waals surface area contributed by atoms with Gasteiger partial charge in [-0.05, 0) is 50.9 Å². The fraction of sp³-hybridized carbons (Fsp3) is 0.889. The van der Waals surface area contributed by atoms with Crippen LogP contribution in [0.5, 0.6) is 0 Å². The van der Waals surface area contributed by atoms with Gasteiger partial charge in [0.05, 0.1) is 5.60 Å². The van der Waals surface area contributed by atoms with Crippen molar-refractivity contribution < 1.29 is 5.11 Å². The van der Waals surface area contributed by atoms with Crippen LogP contribution >= 0.6 is 0 Å². The van der Waals surface area contributed by atoms with Gasteiger partial charge in [0.1, 0.15) is 0 Å². The molecule has 10 heavy (non-hydrogen) atoms. The molecule has 0 amide bonds. The topological polar surface area (TPSA) is 20.2 Å². The minimum atomic E-state index is -0.325. The lowest BCUT2D eigenvalue weighted by atomic mass is 9.76. The van der Waals surface area contributed by atoms with Crippen molar-refractivity contribution >= 4 is 0 Å². The van der Waals surface area contributed by atoms with E-state index in [4.69, 9.17) is 0 Å². The standard InChI is InChI=1S/C9H15O/c1-9(10)7-3-2-4-8(9)6-5-7/h2,7-8,10H,3-6H2,1H3. The van der Waals surface area contributed by atoms with E-state index in [1.54, 1.807) is 0 Å². The second-order valence-electron chi connectivity index (χ2n) is 3.96. The summed E-state index contributed by atoms with van der Waals surface area (Å²) in [7, 11) is 0. The van der Waals surface area contributed by atoms with Crippen LogP contribution in [-0.4, -0.2) is 10.7 Å². The van der Waals surface area contributed by atoms with Crippen molar-refractivity contribution in [2.24, 2.45) is 11.8 Å². The molecule has 2 unspecified atom stereocenters. The van der Waals surface area contributed by atoms with Crippen LogP contribution in [0.25, 0.3) is 0 Å². The summed E-state index contributed by atoms with van der Waals surface area (Å²) in [6, 6.07) is 0. The lowest BCUT2D eigenvalue weighted by Crippen LogP contribution is -2.39. The molecule has 2 aliphatic rings. The Balaban J connectivity index is 2.21. The molecule has 2 atom stereocenters. The Hall–Kier alpha value is -0.0400. The largest absolute Gasteiger partial charge is 0.390 e. The summed E-state index contributed by atoms with van der Waals surface area (Å²) in [6.07, 6.45) is 7.12. The van der Waals surface area contributed by atoms with E-state index < -0.39 is 0 Å². The summed E-state index contributed by atoms with van der Waals surface area (Å²) >= 11 is 0. The predicted molar refractivity (Wildman–Crippen MR) is 40.4 cm³/mol. The van der Waals surface area contributed by atoms with E-state index >= 15 is 0 Å². The summed E-state index contributed by atoms with van der Waals surface area (Å²) in [4.78, 5) is 0. The Morgan fingerprint density at radius 2 is 1.80 bits per heavy atom. The van der Waals surface area contributed by atoms with E-state index in [0.29, 0.717) is 11.8 Å². The molecule has 0 aromatic heterocycles. The molecule has 2 saturated carbocycles. The average molecular weight is 139 g/mol. The summed E-state index contributed by atoms with van der Waals surface area (Å²) in [5.74, 6) is 1.15. The lowest BCUT2D eigenvalue weighted by molar-refractivity contribution is -0.0316. The molecule has 2 fully saturated rings. The van der Waals surface area contributed by atoms with Crippen molar-refractivity contribution in [2.75, 3.05) is 0 Å². The number of hydrogen-bond donors (Lipinski definition) is 1. The Morgan fingerprint density at radius 1 is 1.30 bits per heavy atom. The maximum absolute atomic E-state index is 9.95. The molecule has 0 aromatic carbocycles. The molecule has 1 heteroatoms. The Labute approximate surface area is 62.4 Å². The van der Waals surface area contributed by atoms with Crippen LogP contribution < -0.4 is 0 Å². The molecule has 0 heterocycles. The van der Waals surface area contributed by atoms with Gasteiger partial charge in [-0.1, -0.05) is 0 Å². The van der Waals surface area contributed by atoms with Gasteiger partial charge >= 0.3 is 0 Å². The zero-order chi connectivity index (χ0) is 7.19. The van der Waals surface area contributed by atoms with Crippen LogP contribution in [0.2, 0.25) is 0 Å². The second kappa shape index (κ2) is 1.97. The third-order valence-corrected chi connectivity index (χ3v) is 3.42. The highest BCUT2D eigenvalue weighted by atomic mass is 16.3. The zero-order valence-electron chi connectivity index (χ0n) is 6.51.